The monoisotopic (exact) mass is 357 g/mol. The molecular weight excluding hydrogens is 330 g/mol. The van der Waals surface area contributed by atoms with Gasteiger partial charge in [-0.3, -0.25) is 4.79 Å². The van der Waals surface area contributed by atoms with Crippen LogP contribution in [0.4, 0.5) is 0 Å². The topological polar surface area (TPSA) is 38.3 Å². The number of amides is 1. The van der Waals surface area contributed by atoms with E-state index in [2.05, 4.69) is 43.4 Å². The highest BCUT2D eigenvalue weighted by atomic mass is 32.2. The smallest absolute Gasteiger partial charge is 0.251 e. The summed E-state index contributed by atoms with van der Waals surface area (Å²) in [4.78, 5) is 13.5. The lowest BCUT2D eigenvalue weighted by Crippen LogP contribution is -2.24. The number of hydrogen-bond acceptors (Lipinski definition) is 3. The van der Waals surface area contributed by atoms with Crippen LogP contribution in [0.25, 0.3) is 0 Å². The Kier molecular flexibility index (Phi) is 7.86. The molecule has 0 fully saturated rings. The minimum atomic E-state index is -0.0157. The van der Waals surface area contributed by atoms with Gasteiger partial charge in [0.15, 0.2) is 0 Å². The summed E-state index contributed by atoms with van der Waals surface area (Å²) < 4.78 is 5.73. The Bertz CT molecular complexity index is 683. The molecule has 25 heavy (non-hydrogen) atoms. The second kappa shape index (κ2) is 10.1. The zero-order valence-corrected chi connectivity index (χ0v) is 16.1. The van der Waals surface area contributed by atoms with E-state index >= 15 is 0 Å². The molecule has 0 spiro atoms. The molecule has 0 atom stereocenters. The molecule has 0 bridgehead atoms. The van der Waals surface area contributed by atoms with Gasteiger partial charge in [-0.2, -0.15) is 0 Å². The van der Waals surface area contributed by atoms with Crippen LogP contribution in [0.2, 0.25) is 0 Å². The molecule has 2 aromatic carbocycles. The number of carbonyl (C=O) groups excluding carboxylic acids is 1. The van der Waals surface area contributed by atoms with E-state index in [0.717, 1.165) is 36.5 Å². The molecule has 0 aliphatic heterocycles. The van der Waals surface area contributed by atoms with E-state index in [-0.39, 0.29) is 5.91 Å². The summed E-state index contributed by atoms with van der Waals surface area (Å²) in [6.07, 6.45) is 2.07. The van der Waals surface area contributed by atoms with Crippen molar-refractivity contribution < 1.29 is 9.53 Å². The van der Waals surface area contributed by atoms with Crippen molar-refractivity contribution in [2.75, 3.05) is 13.2 Å². The van der Waals surface area contributed by atoms with Crippen LogP contribution in [-0.4, -0.2) is 19.1 Å². The Morgan fingerprint density at radius 1 is 1.12 bits per heavy atom. The van der Waals surface area contributed by atoms with Gasteiger partial charge >= 0.3 is 0 Å². The molecule has 3 nitrogen and oxygen atoms in total. The molecule has 0 unspecified atom stereocenters. The number of benzene rings is 2. The van der Waals surface area contributed by atoms with Crippen molar-refractivity contribution in [1.29, 1.82) is 0 Å². The number of unbranched alkanes of at least 4 members (excludes halogenated alkanes) is 1. The van der Waals surface area contributed by atoms with Crippen LogP contribution >= 0.6 is 11.8 Å². The minimum Gasteiger partial charge on any atom is -0.494 e. The highest BCUT2D eigenvalue weighted by Crippen LogP contribution is 2.29. The Balaban J connectivity index is 2.10. The largest absolute Gasteiger partial charge is 0.494 e. The fourth-order valence-corrected chi connectivity index (χ4v) is 3.28. The summed E-state index contributed by atoms with van der Waals surface area (Å²) >= 11 is 1.75. The molecule has 134 valence electrons. The van der Waals surface area contributed by atoms with Crippen LogP contribution < -0.4 is 10.1 Å². The van der Waals surface area contributed by atoms with E-state index in [1.807, 2.05) is 25.1 Å². The summed E-state index contributed by atoms with van der Waals surface area (Å²) in [5.41, 5.74) is 3.00. The van der Waals surface area contributed by atoms with E-state index in [0.29, 0.717) is 12.2 Å². The summed E-state index contributed by atoms with van der Waals surface area (Å²) in [5.74, 6) is 1.61. The number of thioether (sulfide) groups is 1. The number of nitrogens with one attached hydrogen (secondary N) is 1. The van der Waals surface area contributed by atoms with Crippen molar-refractivity contribution in [3.8, 4) is 5.75 Å². The lowest BCUT2D eigenvalue weighted by molar-refractivity contribution is 0.0953. The number of ether oxygens (including phenoxy) is 1. The van der Waals surface area contributed by atoms with Gasteiger partial charge < -0.3 is 10.1 Å². The van der Waals surface area contributed by atoms with Gasteiger partial charge in [0.25, 0.3) is 5.91 Å². The van der Waals surface area contributed by atoms with Crippen molar-refractivity contribution in [3.63, 3.8) is 0 Å². The van der Waals surface area contributed by atoms with Crippen molar-refractivity contribution in [3.05, 3.63) is 59.2 Å². The number of hydrogen-bond donors (Lipinski definition) is 1. The average Bonchev–Trinajstić information content (AvgIpc) is 2.62. The van der Waals surface area contributed by atoms with Crippen LogP contribution in [-0.2, 0) is 5.75 Å². The van der Waals surface area contributed by atoms with E-state index in [9.17, 15) is 4.79 Å². The van der Waals surface area contributed by atoms with Gasteiger partial charge in [0, 0.05) is 28.3 Å². The minimum absolute atomic E-state index is 0.0157. The summed E-state index contributed by atoms with van der Waals surface area (Å²) in [6, 6.07) is 14.2. The molecule has 1 amide bonds. The summed E-state index contributed by atoms with van der Waals surface area (Å²) in [5, 5.41) is 2.97. The summed E-state index contributed by atoms with van der Waals surface area (Å²) in [6.45, 7) is 7.51. The van der Waals surface area contributed by atoms with Gasteiger partial charge in [0.2, 0.25) is 0 Å². The molecule has 0 aliphatic rings. The Morgan fingerprint density at radius 2 is 1.88 bits per heavy atom. The Labute approximate surface area is 155 Å². The molecule has 0 aromatic heterocycles. The van der Waals surface area contributed by atoms with E-state index < -0.39 is 0 Å². The zero-order chi connectivity index (χ0) is 18.1. The normalized spacial score (nSPS) is 10.5. The molecule has 2 rings (SSSR count). The van der Waals surface area contributed by atoms with E-state index in [1.54, 1.807) is 11.8 Å². The lowest BCUT2D eigenvalue weighted by atomic mass is 10.1. The first-order valence-corrected chi connectivity index (χ1v) is 9.86. The van der Waals surface area contributed by atoms with Gasteiger partial charge in [-0.1, -0.05) is 31.0 Å². The van der Waals surface area contributed by atoms with E-state index in [1.165, 1.54) is 10.5 Å². The predicted molar refractivity (Wildman–Crippen MR) is 106 cm³/mol. The van der Waals surface area contributed by atoms with Crippen LogP contribution in [0.1, 0.15) is 48.2 Å². The molecule has 0 saturated heterocycles. The van der Waals surface area contributed by atoms with Crippen molar-refractivity contribution in [2.24, 2.45) is 0 Å². The third-order valence-electron chi connectivity index (χ3n) is 3.85. The first-order valence-electron chi connectivity index (χ1n) is 8.87. The van der Waals surface area contributed by atoms with Crippen LogP contribution in [0.5, 0.6) is 5.75 Å². The van der Waals surface area contributed by atoms with Crippen LogP contribution in [0.15, 0.2) is 47.4 Å². The molecule has 0 saturated carbocycles. The quantitative estimate of drug-likeness (QED) is 0.494. The maximum atomic E-state index is 12.3. The lowest BCUT2D eigenvalue weighted by Gasteiger charge is -2.12. The van der Waals surface area contributed by atoms with Crippen molar-refractivity contribution in [2.45, 2.75) is 44.3 Å². The molecule has 0 radical (unpaired) electrons. The molecular formula is C21H27NO2S. The summed E-state index contributed by atoms with van der Waals surface area (Å²) in [7, 11) is 0. The Morgan fingerprint density at radius 3 is 2.56 bits per heavy atom. The van der Waals surface area contributed by atoms with Crippen LogP contribution in [0.3, 0.4) is 0 Å². The van der Waals surface area contributed by atoms with Gasteiger partial charge in [-0.05, 0) is 50.6 Å². The number of carbonyl (C=O) groups is 1. The fraction of sp³-hybridized carbons (Fsp3) is 0.381. The molecule has 1 N–H and O–H groups in total. The van der Waals surface area contributed by atoms with Gasteiger partial charge in [-0.15, -0.1) is 11.8 Å². The van der Waals surface area contributed by atoms with Crippen LogP contribution in [0, 0.1) is 6.92 Å². The maximum absolute atomic E-state index is 12.3. The third kappa shape index (κ3) is 6.13. The van der Waals surface area contributed by atoms with Gasteiger partial charge in [0.05, 0.1) is 6.61 Å². The fourth-order valence-electron chi connectivity index (χ4n) is 2.41. The van der Waals surface area contributed by atoms with Crippen molar-refractivity contribution in [1.82, 2.24) is 5.32 Å². The molecule has 2 aromatic rings. The van der Waals surface area contributed by atoms with E-state index in [4.69, 9.17) is 4.74 Å². The Hall–Kier alpha value is -1.94. The third-order valence-corrected chi connectivity index (χ3v) is 4.91. The SMILES string of the molecule is CCCCNC(=O)c1ccc(OCC)c(CSc2ccc(C)cc2)c1. The molecule has 0 aliphatic carbocycles. The highest BCUT2D eigenvalue weighted by Gasteiger charge is 2.11. The van der Waals surface area contributed by atoms with Gasteiger partial charge in [-0.25, -0.2) is 0 Å². The number of rotatable bonds is 9. The standard InChI is InChI=1S/C21H27NO2S/c1-4-6-13-22-21(23)17-9-12-20(24-5-2)18(14-17)15-25-19-10-7-16(3)8-11-19/h7-12,14H,4-6,13,15H2,1-3H3,(H,22,23). The highest BCUT2D eigenvalue weighted by molar-refractivity contribution is 7.98. The number of aryl methyl sites for hydroxylation is 1. The average molecular weight is 358 g/mol. The zero-order valence-electron chi connectivity index (χ0n) is 15.3. The van der Waals surface area contributed by atoms with Gasteiger partial charge in [0.1, 0.15) is 5.75 Å². The predicted octanol–water partition coefficient (Wildman–Crippen LogP) is 5.22. The molecule has 4 heteroatoms. The maximum Gasteiger partial charge on any atom is 0.251 e. The first kappa shape index (κ1) is 19.4. The first-order chi connectivity index (χ1) is 12.1. The molecule has 0 heterocycles. The second-order valence-electron chi connectivity index (χ2n) is 5.97. The van der Waals surface area contributed by atoms with Crippen molar-refractivity contribution >= 4 is 17.7 Å². The second-order valence-corrected chi connectivity index (χ2v) is 7.02.